The molecule has 0 spiro atoms. The molecular weight excluding hydrogens is 582 g/mol. The summed E-state index contributed by atoms with van der Waals surface area (Å²) in [5.74, 6) is 1.76. The number of hydrogen-bond donors (Lipinski definition) is 0. The number of aromatic nitrogens is 3. The molecule has 224 valence electrons. The smallest absolute Gasteiger partial charge is 0.347 e. The van der Waals surface area contributed by atoms with Gasteiger partial charge >= 0.3 is 17.3 Å². The maximum absolute atomic E-state index is 13.4. The van der Waals surface area contributed by atoms with Crippen molar-refractivity contribution in [2.24, 2.45) is 36.1 Å². The van der Waals surface area contributed by atoms with Crippen LogP contribution < -0.4 is 11.4 Å². The largest absolute Gasteiger partial charge is 0.461 e. The zero-order chi connectivity index (χ0) is 29.5. The van der Waals surface area contributed by atoms with Crippen LogP contribution in [-0.2, 0) is 23.1 Å². The Kier molecular flexibility index (Phi) is 8.89. The number of rotatable bonds is 8. The summed E-state index contributed by atoms with van der Waals surface area (Å²) in [5, 5.41) is 0.168. The van der Waals surface area contributed by atoms with E-state index in [-0.39, 0.29) is 40.2 Å². The van der Waals surface area contributed by atoms with E-state index >= 15 is 0 Å². The summed E-state index contributed by atoms with van der Waals surface area (Å²) < 4.78 is 10.3. The van der Waals surface area contributed by atoms with Gasteiger partial charge in [0.15, 0.2) is 0 Å². The molecule has 0 saturated heterocycles. The second-order valence-electron chi connectivity index (χ2n) is 13.2. The molecule has 3 aliphatic carbocycles. The Bertz CT molecular complexity index is 1390. The van der Waals surface area contributed by atoms with Crippen molar-refractivity contribution in [1.29, 1.82) is 0 Å². The molecule has 6 atom stereocenters. The molecule has 0 aromatic carbocycles. The number of carbonyl (C=O) groups excluding carboxylic acids is 1. The van der Waals surface area contributed by atoms with Crippen LogP contribution in [0.25, 0.3) is 0 Å². The summed E-state index contributed by atoms with van der Waals surface area (Å²) >= 11 is 3.21. The van der Waals surface area contributed by atoms with Crippen molar-refractivity contribution in [2.75, 3.05) is 5.33 Å². The number of nitrogens with zero attached hydrogens (tertiary/aromatic N) is 3. The monoisotopic (exact) mass is 627 g/mol. The highest BCUT2D eigenvalue weighted by Crippen LogP contribution is 2.60. The number of halogens is 1. The molecule has 4 unspecified atom stereocenters. The first-order valence-corrected chi connectivity index (χ1v) is 16.6. The Morgan fingerprint density at radius 3 is 2.68 bits per heavy atom. The number of carbonyl (C=O) groups is 1. The Balaban J connectivity index is 1.51. The van der Waals surface area contributed by atoms with Crippen LogP contribution >= 0.6 is 15.9 Å². The van der Waals surface area contributed by atoms with E-state index in [2.05, 4.69) is 67.6 Å². The highest BCUT2D eigenvalue weighted by molar-refractivity contribution is 9.09. The number of esters is 1. The maximum atomic E-state index is 13.4. The van der Waals surface area contributed by atoms with E-state index in [4.69, 9.17) is 4.74 Å². The van der Waals surface area contributed by atoms with Gasteiger partial charge in [-0.25, -0.2) is 23.5 Å². The van der Waals surface area contributed by atoms with E-state index in [9.17, 15) is 14.4 Å². The normalized spacial score (nSPS) is 31.3. The van der Waals surface area contributed by atoms with E-state index in [1.807, 2.05) is 0 Å². The predicted molar refractivity (Wildman–Crippen MR) is 166 cm³/mol. The molecule has 41 heavy (non-hydrogen) atoms. The number of ether oxygens (including phenoxy) is 1. The molecule has 1 aromatic rings. The van der Waals surface area contributed by atoms with Gasteiger partial charge in [-0.15, -0.1) is 6.58 Å². The highest BCUT2D eigenvalue weighted by atomic mass is 79.9. The van der Waals surface area contributed by atoms with Gasteiger partial charge in [-0.1, -0.05) is 66.6 Å². The lowest BCUT2D eigenvalue weighted by Gasteiger charge is -2.45. The molecule has 7 nitrogen and oxygen atoms in total. The van der Waals surface area contributed by atoms with Crippen molar-refractivity contribution >= 4 is 21.9 Å². The van der Waals surface area contributed by atoms with Gasteiger partial charge in [-0.2, -0.15) is 0 Å². The van der Waals surface area contributed by atoms with Crippen LogP contribution in [0.3, 0.4) is 0 Å². The van der Waals surface area contributed by atoms with Crippen LogP contribution in [0.4, 0.5) is 0 Å². The molecule has 2 fully saturated rings. The van der Waals surface area contributed by atoms with Gasteiger partial charge in [-0.05, 0) is 91.6 Å². The van der Waals surface area contributed by atoms with Crippen molar-refractivity contribution < 1.29 is 9.53 Å². The van der Waals surface area contributed by atoms with Gasteiger partial charge in [-0.3, -0.25) is 4.79 Å². The minimum atomic E-state index is -0.328. The molecule has 0 radical (unpaired) electrons. The van der Waals surface area contributed by atoms with Gasteiger partial charge in [0.25, 0.3) is 0 Å². The number of hydrogen-bond acceptors (Lipinski definition) is 4. The molecule has 1 aliphatic heterocycles. The molecule has 0 amide bonds. The second kappa shape index (κ2) is 12.1. The third-order valence-electron chi connectivity index (χ3n) is 10.4. The fourth-order valence-corrected chi connectivity index (χ4v) is 8.58. The topological polar surface area (TPSA) is 75.2 Å². The van der Waals surface area contributed by atoms with Gasteiger partial charge < -0.3 is 4.74 Å². The van der Waals surface area contributed by atoms with E-state index in [0.717, 1.165) is 44.1 Å². The summed E-state index contributed by atoms with van der Waals surface area (Å²) in [6, 6.07) is -0.328. The number of alkyl halides is 1. The van der Waals surface area contributed by atoms with Gasteiger partial charge in [0.2, 0.25) is 0 Å². The number of allylic oxidation sites excluding steroid dienone is 6. The molecule has 5 rings (SSSR count). The van der Waals surface area contributed by atoms with E-state index < -0.39 is 0 Å². The van der Waals surface area contributed by atoms with Crippen LogP contribution in [-0.4, -0.2) is 31.3 Å². The van der Waals surface area contributed by atoms with Crippen molar-refractivity contribution in [2.45, 2.75) is 97.2 Å². The van der Waals surface area contributed by atoms with E-state index in [1.54, 1.807) is 16.4 Å². The molecular formula is C33H46BrN3O4. The minimum Gasteiger partial charge on any atom is -0.461 e. The van der Waals surface area contributed by atoms with Crippen LogP contribution in [0.15, 0.2) is 57.2 Å². The summed E-state index contributed by atoms with van der Waals surface area (Å²) in [6.07, 6.45) is 17.8. The van der Waals surface area contributed by atoms with Gasteiger partial charge in [0, 0.05) is 13.5 Å². The first-order chi connectivity index (χ1) is 19.6. The maximum Gasteiger partial charge on any atom is 0.347 e. The average Bonchev–Trinajstić information content (AvgIpc) is 3.40. The van der Waals surface area contributed by atoms with Crippen LogP contribution in [0.1, 0.15) is 84.6 Å². The standard InChI is InChI=1S/C33H46BrN3O4/c1-6-22(10-7-9-21(2)3)27-14-15-28-23(11-8-16-33(27,28)4)17-29-26-18-25(41-30(38)19-34)13-12-24(26)20-36-31(39)35(5)32(40)37(29)36/h6-7,9,17,21-22,25,27-29H,1,8,10-16,18-20H2,2-5H3/b9-7+,23-17+/t22-,25+,27?,28?,29?,33?/m1/s1. The molecule has 2 heterocycles. The van der Waals surface area contributed by atoms with E-state index in [0.29, 0.717) is 36.6 Å². The Morgan fingerprint density at radius 2 is 1.98 bits per heavy atom. The quantitative estimate of drug-likeness (QED) is 0.194. The average molecular weight is 629 g/mol. The van der Waals surface area contributed by atoms with Crippen molar-refractivity contribution in [1.82, 2.24) is 13.9 Å². The SMILES string of the molecule is C=C[C@H](C/C=C/C(C)C)C1CCC2/C(=C/C3C4=C(CC[C@H](OC(=O)CBr)C4)Cn4c(=O)n(C)c(=O)n43)CCCC21C. The Morgan fingerprint density at radius 1 is 1.20 bits per heavy atom. The zero-order valence-electron chi connectivity index (χ0n) is 25.1. The highest BCUT2D eigenvalue weighted by Gasteiger charge is 2.51. The van der Waals surface area contributed by atoms with Gasteiger partial charge in [0.05, 0.1) is 12.6 Å². The molecule has 2 saturated carbocycles. The van der Waals surface area contributed by atoms with Gasteiger partial charge in [0.1, 0.15) is 11.4 Å². The van der Waals surface area contributed by atoms with Crippen molar-refractivity contribution in [3.8, 4) is 0 Å². The fourth-order valence-electron chi connectivity index (χ4n) is 8.45. The Hall–Kier alpha value is -2.35. The predicted octanol–water partition coefficient (Wildman–Crippen LogP) is 6.24. The summed E-state index contributed by atoms with van der Waals surface area (Å²) in [6.45, 7) is 11.6. The summed E-state index contributed by atoms with van der Waals surface area (Å²) in [4.78, 5) is 38.6. The molecule has 4 aliphatic rings. The second-order valence-corrected chi connectivity index (χ2v) is 13.8. The number of fused-ring (bicyclic) bond motifs is 2. The lowest BCUT2D eigenvalue weighted by Crippen LogP contribution is -2.40. The lowest BCUT2D eigenvalue weighted by atomic mass is 9.60. The summed E-state index contributed by atoms with van der Waals surface area (Å²) in [5.41, 5.74) is 3.41. The zero-order valence-corrected chi connectivity index (χ0v) is 26.7. The molecule has 1 aromatic heterocycles. The molecule has 0 bridgehead atoms. The minimum absolute atomic E-state index is 0.168. The van der Waals surface area contributed by atoms with Crippen LogP contribution in [0, 0.1) is 29.1 Å². The fraction of sp³-hybridized carbons (Fsp3) is 0.667. The summed E-state index contributed by atoms with van der Waals surface area (Å²) in [7, 11) is 1.56. The van der Waals surface area contributed by atoms with Crippen molar-refractivity contribution in [3.63, 3.8) is 0 Å². The third kappa shape index (κ3) is 5.57. The molecule has 8 heteroatoms. The first kappa shape index (κ1) is 30.1. The lowest BCUT2D eigenvalue weighted by molar-refractivity contribution is -0.146. The van der Waals surface area contributed by atoms with Crippen LogP contribution in [0.5, 0.6) is 0 Å². The molecule has 0 N–H and O–H groups in total. The van der Waals surface area contributed by atoms with Crippen LogP contribution in [0.2, 0.25) is 0 Å². The first-order valence-electron chi connectivity index (χ1n) is 15.4. The third-order valence-corrected chi connectivity index (χ3v) is 10.9. The van der Waals surface area contributed by atoms with E-state index in [1.165, 1.54) is 28.6 Å². The Labute approximate surface area is 252 Å². The van der Waals surface area contributed by atoms with Crippen molar-refractivity contribution in [3.05, 3.63) is 68.6 Å².